The first kappa shape index (κ1) is 69.7. The Morgan fingerprint density at radius 2 is 0.571 bits per heavy atom. The van der Waals surface area contributed by atoms with Crippen LogP contribution in [0.25, 0.3) is 0 Å². The fraction of sp³-hybridized carbons (Fsp3) is 1.00. The zero-order valence-electron chi connectivity index (χ0n) is 49.1. The lowest BCUT2D eigenvalue weighted by molar-refractivity contribution is 0.0212. The van der Waals surface area contributed by atoms with Crippen LogP contribution in [0.1, 0.15) is 305 Å². The van der Waals surface area contributed by atoms with Gasteiger partial charge in [0.1, 0.15) is 0 Å². The largest absolute Gasteiger partial charge is 0.392 e. The van der Waals surface area contributed by atoms with E-state index in [-0.39, 0.29) is 17.9 Å². The van der Waals surface area contributed by atoms with Crippen LogP contribution in [0.15, 0.2) is 0 Å². The van der Waals surface area contributed by atoms with Crippen LogP contribution in [0.5, 0.6) is 0 Å². The van der Waals surface area contributed by atoms with Crippen LogP contribution in [0, 0.1) is 17.8 Å². The van der Waals surface area contributed by atoms with Crippen molar-refractivity contribution in [1.29, 1.82) is 0 Å². The summed E-state index contributed by atoms with van der Waals surface area (Å²) in [5.41, 5.74) is 6.30. The lowest BCUT2D eigenvalue weighted by atomic mass is 9.94. The van der Waals surface area contributed by atoms with Crippen molar-refractivity contribution in [3.63, 3.8) is 0 Å². The summed E-state index contributed by atoms with van der Waals surface area (Å²) in [6.07, 6.45) is 51.3. The van der Waals surface area contributed by atoms with E-state index in [0.29, 0.717) is 25.6 Å². The van der Waals surface area contributed by atoms with E-state index < -0.39 is 12.2 Å². The van der Waals surface area contributed by atoms with Gasteiger partial charge in [-0.05, 0) is 43.4 Å². The molecule has 5 N–H and O–H groups in total. The molecule has 6 atom stereocenters. The number of rotatable bonds is 58. The molecule has 0 aromatic heterocycles. The number of nitrogens with two attached hydrogens (primary N) is 1. The number of aliphatic hydroxyl groups is 3. The van der Waals surface area contributed by atoms with Crippen molar-refractivity contribution in [3.8, 4) is 0 Å². The summed E-state index contributed by atoms with van der Waals surface area (Å²) in [7, 11) is 0. The first-order chi connectivity index (χ1) is 34.1. The molecule has 0 amide bonds. The molecule has 0 rings (SSSR count). The van der Waals surface area contributed by atoms with Gasteiger partial charge in [0.2, 0.25) is 0 Å². The zero-order chi connectivity index (χ0) is 51.6. The molecule has 0 aliphatic heterocycles. The molecule has 0 aliphatic rings. The molecule has 0 bridgehead atoms. The molecular formula is C63H132N4O3. The highest BCUT2D eigenvalue weighted by Crippen LogP contribution is 2.21. The van der Waals surface area contributed by atoms with E-state index in [4.69, 9.17) is 5.73 Å². The highest BCUT2D eigenvalue weighted by molar-refractivity contribution is 4.78. The normalized spacial score (nSPS) is 14.8. The van der Waals surface area contributed by atoms with Gasteiger partial charge in [0.15, 0.2) is 0 Å². The maximum atomic E-state index is 11.6. The van der Waals surface area contributed by atoms with Crippen molar-refractivity contribution >= 4 is 0 Å². The average molecular weight is 994 g/mol. The topological polar surface area (TPSA) is 96.4 Å². The molecule has 0 saturated carbocycles. The summed E-state index contributed by atoms with van der Waals surface area (Å²) in [4.78, 5) is 7.49. The van der Waals surface area contributed by atoms with Gasteiger partial charge < -0.3 is 21.1 Å². The minimum Gasteiger partial charge on any atom is -0.392 e. The molecule has 70 heavy (non-hydrogen) atoms. The highest BCUT2D eigenvalue weighted by Gasteiger charge is 2.24. The van der Waals surface area contributed by atoms with Crippen molar-refractivity contribution < 1.29 is 15.3 Å². The molecule has 0 aliphatic carbocycles. The Labute approximate surface area is 440 Å². The molecule has 0 aromatic rings. The number of hydrogen-bond donors (Lipinski definition) is 4. The zero-order valence-corrected chi connectivity index (χ0v) is 49.1. The summed E-state index contributed by atoms with van der Waals surface area (Å²) in [6.45, 7) is 24.1. The van der Waals surface area contributed by atoms with Gasteiger partial charge in [-0.1, -0.05) is 280 Å². The Balaban J connectivity index is 5.57. The smallest absolute Gasteiger partial charge is 0.0692 e. The predicted molar refractivity (Wildman–Crippen MR) is 311 cm³/mol. The molecule has 0 spiro atoms. The van der Waals surface area contributed by atoms with Crippen LogP contribution >= 0.6 is 0 Å². The van der Waals surface area contributed by atoms with E-state index in [1.165, 1.54) is 231 Å². The molecule has 6 unspecified atom stereocenters. The maximum Gasteiger partial charge on any atom is 0.0692 e. The Kier molecular flexibility index (Phi) is 53.3. The Morgan fingerprint density at radius 3 is 0.900 bits per heavy atom. The van der Waals surface area contributed by atoms with E-state index in [0.717, 1.165) is 71.5 Å². The van der Waals surface area contributed by atoms with Gasteiger partial charge >= 0.3 is 0 Å². The summed E-state index contributed by atoms with van der Waals surface area (Å²) in [5.74, 6) is 1.11. The summed E-state index contributed by atoms with van der Waals surface area (Å²) in [6, 6.07) is 0. The standard InChI is InChI=1S/C63H132N4O3/c1-8-12-16-20-24-28-30-32-36-40-44-58(5)54-66(55-61(68)47-43-39-35-31-29-25-21-17-13-9-2)52-50-65(49-48-64)51-53-67(56-62(69)59(6)45-41-37-33-26-22-18-14-10-3)57-63(70)60(7)46-42-38-34-27-23-19-15-11-4/h58-63,68-70H,8-57,64H2,1-7H3. The van der Waals surface area contributed by atoms with Crippen molar-refractivity contribution in [3.05, 3.63) is 0 Å². The monoisotopic (exact) mass is 993 g/mol. The molecule has 0 fully saturated rings. The van der Waals surface area contributed by atoms with Crippen LogP contribution in [0.2, 0.25) is 0 Å². The van der Waals surface area contributed by atoms with E-state index in [1.807, 2.05) is 0 Å². The van der Waals surface area contributed by atoms with Crippen molar-refractivity contribution in [1.82, 2.24) is 14.7 Å². The number of nitrogens with zero attached hydrogens (tertiary/aromatic N) is 3. The predicted octanol–water partition coefficient (Wildman–Crippen LogP) is 16.5. The van der Waals surface area contributed by atoms with Gasteiger partial charge in [-0.2, -0.15) is 0 Å². The lowest BCUT2D eigenvalue weighted by Crippen LogP contribution is -2.47. The SMILES string of the molecule is CCCCCCCCCCCCC(C)CN(CCN(CCN)CCN(CC(O)C(C)CCCCCCCCCC)CC(O)C(C)CCCCCCCCCC)CC(O)CCCCCCCCCCCC. The second kappa shape index (κ2) is 53.5. The lowest BCUT2D eigenvalue weighted by Gasteiger charge is -2.34. The van der Waals surface area contributed by atoms with E-state index in [2.05, 4.69) is 63.2 Å². The van der Waals surface area contributed by atoms with Crippen molar-refractivity contribution in [2.45, 2.75) is 324 Å². The molecule has 7 heteroatoms. The fourth-order valence-corrected chi connectivity index (χ4v) is 10.8. The maximum absolute atomic E-state index is 11.6. The van der Waals surface area contributed by atoms with Gasteiger partial charge in [0.25, 0.3) is 0 Å². The van der Waals surface area contributed by atoms with Crippen LogP contribution in [0.3, 0.4) is 0 Å². The Hall–Kier alpha value is -0.280. The number of aliphatic hydroxyl groups excluding tert-OH is 3. The van der Waals surface area contributed by atoms with Gasteiger partial charge in [-0.25, -0.2) is 0 Å². The number of unbranched alkanes of at least 4 members (excludes halogenated alkanes) is 32. The molecular weight excluding hydrogens is 861 g/mol. The molecule has 0 saturated heterocycles. The second-order valence-electron chi connectivity index (χ2n) is 23.5. The van der Waals surface area contributed by atoms with Gasteiger partial charge in [-0.15, -0.1) is 0 Å². The second-order valence-corrected chi connectivity index (χ2v) is 23.5. The third-order valence-corrected chi connectivity index (χ3v) is 16.1. The first-order valence-electron chi connectivity index (χ1n) is 32.0. The van der Waals surface area contributed by atoms with Crippen LogP contribution < -0.4 is 5.73 Å². The summed E-state index contributed by atoms with van der Waals surface area (Å²) >= 11 is 0. The summed E-state index contributed by atoms with van der Waals surface area (Å²) < 4.78 is 0. The van der Waals surface area contributed by atoms with E-state index >= 15 is 0 Å². The van der Waals surface area contributed by atoms with E-state index in [9.17, 15) is 15.3 Å². The molecule has 0 aromatic carbocycles. The highest BCUT2D eigenvalue weighted by atomic mass is 16.3. The van der Waals surface area contributed by atoms with Crippen molar-refractivity contribution in [2.75, 3.05) is 65.4 Å². The van der Waals surface area contributed by atoms with E-state index in [1.54, 1.807) is 0 Å². The summed E-state index contributed by atoms with van der Waals surface area (Å²) in [5, 5.41) is 34.7. The first-order valence-corrected chi connectivity index (χ1v) is 32.0. The molecule has 0 heterocycles. The molecule has 7 nitrogen and oxygen atoms in total. The Bertz CT molecular complexity index is 939. The van der Waals surface area contributed by atoms with Gasteiger partial charge in [-0.3, -0.25) is 14.7 Å². The number of hydrogen-bond acceptors (Lipinski definition) is 7. The quantitative estimate of drug-likeness (QED) is 0.0451. The van der Waals surface area contributed by atoms with Gasteiger partial charge in [0, 0.05) is 65.4 Å². The third kappa shape index (κ3) is 46.3. The molecule has 0 radical (unpaired) electrons. The third-order valence-electron chi connectivity index (χ3n) is 16.1. The van der Waals surface area contributed by atoms with Crippen LogP contribution in [0.4, 0.5) is 0 Å². The van der Waals surface area contributed by atoms with Crippen molar-refractivity contribution in [2.24, 2.45) is 23.5 Å². The minimum atomic E-state index is -0.396. The Morgan fingerprint density at radius 1 is 0.300 bits per heavy atom. The van der Waals surface area contributed by atoms with Gasteiger partial charge in [0.05, 0.1) is 18.3 Å². The molecule has 422 valence electrons. The minimum absolute atomic E-state index is 0.247. The average Bonchev–Trinajstić information content (AvgIpc) is 3.34. The fourth-order valence-electron chi connectivity index (χ4n) is 10.8. The van der Waals surface area contributed by atoms with Crippen LogP contribution in [-0.2, 0) is 0 Å². The van der Waals surface area contributed by atoms with Crippen LogP contribution in [-0.4, -0.2) is 114 Å².